The molecule has 2 nitrogen and oxygen atoms in total. The monoisotopic (exact) mass is 662 g/mol. The molecule has 0 aliphatic rings. The Hall–Kier alpha value is -6.90. The first kappa shape index (κ1) is 30.0. The fraction of sp³-hybridized carbons (Fsp3) is 0. The Bertz CT molecular complexity index is 2910. The van der Waals surface area contributed by atoms with Gasteiger partial charge in [-0.2, -0.15) is 0 Å². The predicted molar refractivity (Wildman–Crippen MR) is 221 cm³/mol. The number of fused-ring (bicyclic) bond motifs is 5. The van der Waals surface area contributed by atoms with Crippen molar-refractivity contribution in [2.24, 2.45) is 0 Å². The van der Waals surface area contributed by atoms with Crippen LogP contribution in [0.3, 0.4) is 0 Å². The van der Waals surface area contributed by atoms with Gasteiger partial charge in [0.2, 0.25) is 0 Å². The SMILES string of the molecule is c1ccc(N(c2ccccc2-c2ccccc2-c2ccc3c(c2)c2ccccc2n3-c2cccc3ccccc23)c2cccc3ccccc23)cc1. The first-order chi connectivity index (χ1) is 25.8. The molecule has 0 spiro atoms. The van der Waals surface area contributed by atoms with E-state index in [9.17, 15) is 0 Å². The Morgan fingerprint density at radius 2 is 0.885 bits per heavy atom. The van der Waals surface area contributed by atoms with Gasteiger partial charge < -0.3 is 9.47 Å². The molecule has 2 heteroatoms. The van der Waals surface area contributed by atoms with Gasteiger partial charge in [0.05, 0.1) is 28.1 Å². The molecular formula is C50H34N2. The van der Waals surface area contributed by atoms with Gasteiger partial charge in [-0.15, -0.1) is 0 Å². The van der Waals surface area contributed by atoms with E-state index in [1.54, 1.807) is 0 Å². The van der Waals surface area contributed by atoms with Crippen LogP contribution in [0.15, 0.2) is 206 Å². The van der Waals surface area contributed by atoms with Crippen molar-refractivity contribution in [2.45, 2.75) is 0 Å². The maximum atomic E-state index is 2.43. The van der Waals surface area contributed by atoms with Gasteiger partial charge >= 0.3 is 0 Å². The molecule has 0 radical (unpaired) electrons. The Balaban J connectivity index is 1.18. The molecule has 52 heavy (non-hydrogen) atoms. The van der Waals surface area contributed by atoms with Gasteiger partial charge in [0, 0.05) is 32.8 Å². The molecule has 10 rings (SSSR count). The maximum absolute atomic E-state index is 2.43. The van der Waals surface area contributed by atoms with E-state index in [0.29, 0.717) is 0 Å². The van der Waals surface area contributed by atoms with Crippen molar-refractivity contribution in [3.63, 3.8) is 0 Å². The molecule has 0 aliphatic carbocycles. The Morgan fingerprint density at radius 3 is 1.71 bits per heavy atom. The van der Waals surface area contributed by atoms with Gasteiger partial charge in [-0.25, -0.2) is 0 Å². The summed E-state index contributed by atoms with van der Waals surface area (Å²) in [6.45, 7) is 0. The molecule has 0 aliphatic heterocycles. The summed E-state index contributed by atoms with van der Waals surface area (Å²) < 4.78 is 2.43. The minimum absolute atomic E-state index is 1.12. The first-order valence-electron chi connectivity index (χ1n) is 17.9. The molecule has 0 bridgehead atoms. The second kappa shape index (κ2) is 12.5. The molecule has 0 unspecified atom stereocenters. The van der Waals surface area contributed by atoms with Gasteiger partial charge in [0.25, 0.3) is 0 Å². The largest absolute Gasteiger partial charge is 0.309 e. The third kappa shape index (κ3) is 4.88. The zero-order valence-corrected chi connectivity index (χ0v) is 28.5. The maximum Gasteiger partial charge on any atom is 0.0541 e. The molecule has 0 fully saturated rings. The number of rotatable bonds is 6. The summed E-state index contributed by atoms with van der Waals surface area (Å²) >= 11 is 0. The van der Waals surface area contributed by atoms with Crippen molar-refractivity contribution in [1.82, 2.24) is 4.57 Å². The lowest BCUT2D eigenvalue weighted by atomic mass is 9.92. The minimum Gasteiger partial charge on any atom is -0.309 e. The predicted octanol–water partition coefficient (Wildman–Crippen LogP) is 13.9. The van der Waals surface area contributed by atoms with Crippen LogP contribution in [0.2, 0.25) is 0 Å². The van der Waals surface area contributed by atoms with Gasteiger partial charge in [-0.1, -0.05) is 158 Å². The number of anilines is 3. The second-order valence-corrected chi connectivity index (χ2v) is 13.3. The van der Waals surface area contributed by atoms with Gasteiger partial charge in [0.15, 0.2) is 0 Å². The molecule has 0 atom stereocenters. The van der Waals surface area contributed by atoms with Crippen molar-refractivity contribution >= 4 is 60.4 Å². The van der Waals surface area contributed by atoms with Crippen molar-refractivity contribution in [3.8, 4) is 27.9 Å². The molecule has 0 saturated heterocycles. The number of hydrogen-bond donors (Lipinski definition) is 0. The molecule has 244 valence electrons. The van der Waals surface area contributed by atoms with E-state index in [-0.39, 0.29) is 0 Å². The van der Waals surface area contributed by atoms with Crippen molar-refractivity contribution in [2.75, 3.05) is 4.90 Å². The molecule has 10 aromatic rings. The van der Waals surface area contributed by atoms with Crippen molar-refractivity contribution in [3.05, 3.63) is 206 Å². The quantitative estimate of drug-likeness (QED) is 0.172. The zero-order chi connectivity index (χ0) is 34.4. The highest BCUT2D eigenvalue weighted by Gasteiger charge is 2.21. The fourth-order valence-corrected chi connectivity index (χ4v) is 8.06. The van der Waals surface area contributed by atoms with E-state index in [0.717, 1.165) is 17.1 Å². The van der Waals surface area contributed by atoms with Crippen LogP contribution in [0.5, 0.6) is 0 Å². The molecular weight excluding hydrogens is 629 g/mol. The van der Waals surface area contributed by atoms with E-state index >= 15 is 0 Å². The lowest BCUT2D eigenvalue weighted by Gasteiger charge is -2.29. The summed E-state index contributed by atoms with van der Waals surface area (Å²) in [4.78, 5) is 2.41. The smallest absolute Gasteiger partial charge is 0.0541 e. The number of para-hydroxylation sites is 3. The molecule has 0 amide bonds. The van der Waals surface area contributed by atoms with Crippen LogP contribution in [0, 0.1) is 0 Å². The fourth-order valence-electron chi connectivity index (χ4n) is 8.06. The molecule has 0 N–H and O–H groups in total. The van der Waals surface area contributed by atoms with Crippen LogP contribution in [-0.4, -0.2) is 4.57 Å². The lowest BCUT2D eigenvalue weighted by Crippen LogP contribution is -2.11. The Kier molecular flexibility index (Phi) is 7.18. The average molecular weight is 663 g/mol. The highest BCUT2D eigenvalue weighted by Crippen LogP contribution is 2.46. The van der Waals surface area contributed by atoms with Gasteiger partial charge in [-0.3, -0.25) is 0 Å². The van der Waals surface area contributed by atoms with Crippen LogP contribution in [0.1, 0.15) is 0 Å². The summed E-state index contributed by atoms with van der Waals surface area (Å²) in [5.74, 6) is 0. The first-order valence-corrected chi connectivity index (χ1v) is 17.9. The number of benzene rings is 9. The van der Waals surface area contributed by atoms with E-state index in [4.69, 9.17) is 0 Å². The summed E-state index contributed by atoms with van der Waals surface area (Å²) in [6.07, 6.45) is 0. The molecule has 1 aromatic heterocycles. The zero-order valence-electron chi connectivity index (χ0n) is 28.5. The number of aromatic nitrogens is 1. The van der Waals surface area contributed by atoms with Crippen molar-refractivity contribution in [1.29, 1.82) is 0 Å². The van der Waals surface area contributed by atoms with Gasteiger partial charge in [0.1, 0.15) is 0 Å². The van der Waals surface area contributed by atoms with Crippen molar-refractivity contribution < 1.29 is 0 Å². The third-order valence-corrected chi connectivity index (χ3v) is 10.4. The van der Waals surface area contributed by atoms with Gasteiger partial charge in [-0.05, 0) is 76.0 Å². The number of hydrogen-bond acceptors (Lipinski definition) is 1. The summed E-state index contributed by atoms with van der Waals surface area (Å²) in [7, 11) is 0. The second-order valence-electron chi connectivity index (χ2n) is 13.3. The van der Waals surface area contributed by atoms with E-state index in [1.807, 2.05) is 0 Å². The molecule has 1 heterocycles. The molecule has 9 aromatic carbocycles. The standard InChI is InChI=1S/C50H34N2/c1-2-20-38(21-3-1)51(46-30-14-18-35-16-4-6-23-40(35)46)48-28-12-10-26-43(48)42-25-9-8-22-39(42)37-32-33-50-45(34-37)44-27-11-13-29-49(44)52(50)47-31-15-19-36-17-5-7-24-41(36)47/h1-34H. The van der Waals surface area contributed by atoms with E-state index < -0.39 is 0 Å². The van der Waals surface area contributed by atoms with Crippen LogP contribution in [0.25, 0.3) is 71.3 Å². The Labute approximate surface area is 303 Å². The summed E-state index contributed by atoms with van der Waals surface area (Å²) in [5, 5.41) is 7.40. The summed E-state index contributed by atoms with van der Waals surface area (Å²) in [5.41, 5.74) is 11.8. The normalized spacial score (nSPS) is 11.5. The van der Waals surface area contributed by atoms with Crippen LogP contribution >= 0.6 is 0 Å². The topological polar surface area (TPSA) is 8.17 Å². The van der Waals surface area contributed by atoms with E-state index in [1.165, 1.54) is 71.3 Å². The Morgan fingerprint density at radius 1 is 0.327 bits per heavy atom. The third-order valence-electron chi connectivity index (χ3n) is 10.4. The van der Waals surface area contributed by atoms with Crippen LogP contribution < -0.4 is 4.90 Å². The number of nitrogens with zero attached hydrogens (tertiary/aromatic N) is 2. The highest BCUT2D eigenvalue weighted by atomic mass is 15.1. The van der Waals surface area contributed by atoms with E-state index in [2.05, 4.69) is 216 Å². The average Bonchev–Trinajstić information content (AvgIpc) is 3.55. The molecule has 0 saturated carbocycles. The minimum atomic E-state index is 1.12. The highest BCUT2D eigenvalue weighted by molar-refractivity contribution is 6.12. The van der Waals surface area contributed by atoms with Crippen LogP contribution in [-0.2, 0) is 0 Å². The lowest BCUT2D eigenvalue weighted by molar-refractivity contribution is 1.20. The summed E-state index contributed by atoms with van der Waals surface area (Å²) in [6, 6.07) is 74.7. The van der Waals surface area contributed by atoms with Crippen LogP contribution in [0.4, 0.5) is 17.1 Å².